The Morgan fingerprint density at radius 3 is 2.52 bits per heavy atom. The van der Waals surface area contributed by atoms with E-state index >= 15 is 0 Å². The van der Waals surface area contributed by atoms with Gasteiger partial charge in [-0.15, -0.1) is 0 Å². The molecule has 288 valence electrons. The van der Waals surface area contributed by atoms with E-state index in [0.29, 0.717) is 17.9 Å². The molecule has 0 radical (unpaired) electrons. The van der Waals surface area contributed by atoms with Crippen LogP contribution in [0.1, 0.15) is 43.1 Å². The number of aliphatic hydroxyl groups is 2. The first-order valence-corrected chi connectivity index (χ1v) is 18.0. The fourth-order valence-corrected chi connectivity index (χ4v) is 7.19. The zero-order chi connectivity index (χ0) is 38.5. The monoisotopic (exact) mass is 749 g/mol. The third kappa shape index (κ3) is 9.45. The second-order valence-corrected chi connectivity index (χ2v) is 14.4. The van der Waals surface area contributed by atoms with Crippen LogP contribution >= 0.6 is 0 Å². The van der Waals surface area contributed by atoms with E-state index < -0.39 is 60.3 Å². The lowest BCUT2D eigenvalue weighted by Gasteiger charge is -2.47. The molecule has 15 heteroatoms. The van der Waals surface area contributed by atoms with E-state index in [9.17, 15) is 33.0 Å². The summed E-state index contributed by atoms with van der Waals surface area (Å²) in [5.41, 5.74) is 2.27. The van der Waals surface area contributed by atoms with Gasteiger partial charge in [0.25, 0.3) is 0 Å². The van der Waals surface area contributed by atoms with Gasteiger partial charge in [0.05, 0.1) is 29.1 Å². The summed E-state index contributed by atoms with van der Waals surface area (Å²) < 4.78 is 47.1. The molecule has 4 aromatic rings. The quantitative estimate of drug-likeness (QED) is 0.162. The van der Waals surface area contributed by atoms with Gasteiger partial charge in [0.2, 0.25) is 11.8 Å². The topological polar surface area (TPSA) is 145 Å². The number of halogens is 3. The number of ether oxygens (including phenoxy) is 1. The highest BCUT2D eigenvalue weighted by Crippen LogP contribution is 2.33. The van der Waals surface area contributed by atoms with Crippen LogP contribution in [-0.4, -0.2) is 110 Å². The van der Waals surface area contributed by atoms with E-state index in [1.165, 1.54) is 0 Å². The van der Waals surface area contributed by atoms with Crippen molar-refractivity contribution in [1.29, 1.82) is 0 Å². The molecule has 6 rings (SSSR count). The van der Waals surface area contributed by atoms with Crippen LogP contribution in [0.5, 0.6) is 5.75 Å². The Morgan fingerprint density at radius 1 is 1.02 bits per heavy atom. The minimum absolute atomic E-state index is 0.00660. The van der Waals surface area contributed by atoms with Crippen LogP contribution in [0.4, 0.5) is 13.2 Å². The SMILES string of the molecule is CC(C)(c1ccn(-c2ccccc2)n1)N1CCN(C[C@@H](O)CC(Cc2cccnc2)C(=O)N[C@H]2c3ccccc3OC[C@H]2O)[C@H](C(=O)NCC(F)(F)F)C1. The van der Waals surface area contributed by atoms with Gasteiger partial charge in [-0.05, 0) is 62.6 Å². The normalized spacial score (nSPS) is 20.7. The lowest BCUT2D eigenvalue weighted by Crippen LogP contribution is -2.63. The number of nitrogens with zero attached hydrogens (tertiary/aromatic N) is 5. The molecular formula is C39H46F3N7O5. The molecule has 0 aliphatic carbocycles. The fraction of sp³-hybridized carbons (Fsp3) is 0.436. The number of carbonyl (C=O) groups is 2. The third-order valence-corrected chi connectivity index (χ3v) is 10.2. The Hall–Kier alpha value is -4.83. The van der Waals surface area contributed by atoms with Gasteiger partial charge >= 0.3 is 6.18 Å². The maximum atomic E-state index is 13.9. The molecule has 2 aliphatic rings. The van der Waals surface area contributed by atoms with Crippen LogP contribution in [0.2, 0.25) is 0 Å². The highest BCUT2D eigenvalue weighted by atomic mass is 19.4. The Balaban J connectivity index is 1.18. The van der Waals surface area contributed by atoms with Crippen LogP contribution in [0, 0.1) is 5.92 Å². The van der Waals surface area contributed by atoms with Gasteiger partial charge < -0.3 is 25.6 Å². The minimum Gasteiger partial charge on any atom is -0.490 e. The number of pyridine rings is 1. The van der Waals surface area contributed by atoms with E-state index in [0.717, 1.165) is 16.9 Å². The lowest BCUT2D eigenvalue weighted by molar-refractivity contribution is -0.144. The maximum absolute atomic E-state index is 13.9. The van der Waals surface area contributed by atoms with E-state index in [-0.39, 0.29) is 39.1 Å². The summed E-state index contributed by atoms with van der Waals surface area (Å²) >= 11 is 0. The molecular weight excluding hydrogens is 703 g/mol. The number of rotatable bonds is 13. The Bertz CT molecular complexity index is 1860. The van der Waals surface area contributed by atoms with Gasteiger partial charge in [-0.25, -0.2) is 4.68 Å². The smallest absolute Gasteiger partial charge is 0.405 e. The summed E-state index contributed by atoms with van der Waals surface area (Å²) in [6, 6.07) is 20.4. The van der Waals surface area contributed by atoms with Crippen molar-refractivity contribution in [2.45, 2.75) is 62.7 Å². The van der Waals surface area contributed by atoms with Crippen LogP contribution in [0.3, 0.4) is 0 Å². The van der Waals surface area contributed by atoms with Gasteiger partial charge in [0, 0.05) is 56.3 Å². The largest absolute Gasteiger partial charge is 0.490 e. The molecule has 12 nitrogen and oxygen atoms in total. The Morgan fingerprint density at radius 2 is 1.78 bits per heavy atom. The number of para-hydroxylation sites is 2. The van der Waals surface area contributed by atoms with Crippen LogP contribution in [-0.2, 0) is 21.5 Å². The zero-order valence-corrected chi connectivity index (χ0v) is 30.2. The number of aromatic nitrogens is 3. The summed E-state index contributed by atoms with van der Waals surface area (Å²) in [5.74, 6) is -1.44. The van der Waals surface area contributed by atoms with Crippen molar-refractivity contribution in [3.8, 4) is 11.4 Å². The van der Waals surface area contributed by atoms with Crippen LogP contribution in [0.15, 0.2) is 91.4 Å². The van der Waals surface area contributed by atoms with Crippen molar-refractivity contribution in [2.75, 3.05) is 39.3 Å². The van der Waals surface area contributed by atoms with Crippen LogP contribution in [0.25, 0.3) is 5.69 Å². The molecule has 0 spiro atoms. The molecule has 4 N–H and O–H groups in total. The number of aliphatic hydroxyl groups excluding tert-OH is 2. The highest BCUT2D eigenvalue weighted by molar-refractivity contribution is 5.82. The van der Waals surface area contributed by atoms with Gasteiger partial charge in [-0.2, -0.15) is 18.3 Å². The number of amides is 2. The molecule has 54 heavy (non-hydrogen) atoms. The number of alkyl halides is 3. The van der Waals surface area contributed by atoms with E-state index in [1.54, 1.807) is 52.3 Å². The molecule has 0 bridgehead atoms. The predicted octanol–water partition coefficient (Wildman–Crippen LogP) is 3.39. The number of piperazine rings is 1. The molecule has 1 fully saturated rings. The Labute approximate surface area is 311 Å². The van der Waals surface area contributed by atoms with E-state index in [1.807, 2.05) is 72.7 Å². The summed E-state index contributed by atoms with van der Waals surface area (Å²) in [6.45, 7) is 3.11. The van der Waals surface area contributed by atoms with Gasteiger partial charge in [-0.3, -0.25) is 24.4 Å². The number of benzene rings is 2. The van der Waals surface area contributed by atoms with Crippen LogP contribution < -0.4 is 15.4 Å². The molecule has 0 saturated carbocycles. The first kappa shape index (κ1) is 38.9. The highest BCUT2D eigenvalue weighted by Gasteiger charge is 2.42. The number of hydrogen-bond donors (Lipinski definition) is 4. The van der Waals surface area contributed by atoms with Crippen molar-refractivity contribution in [1.82, 2.24) is 35.2 Å². The van der Waals surface area contributed by atoms with Crippen molar-refractivity contribution in [3.05, 3.63) is 108 Å². The molecule has 2 amide bonds. The number of β-amino-alcohol motifs (C(OH)–C–C–N with tert-alkyl or cyclic N) is 1. The Kier molecular flexibility index (Phi) is 12.0. The molecule has 1 unspecified atom stereocenters. The number of carbonyl (C=O) groups excluding carboxylic acids is 2. The van der Waals surface area contributed by atoms with Crippen molar-refractivity contribution >= 4 is 11.8 Å². The van der Waals surface area contributed by atoms with Gasteiger partial charge in [0.15, 0.2) is 0 Å². The van der Waals surface area contributed by atoms with Gasteiger partial charge in [-0.1, -0.05) is 42.5 Å². The molecule has 2 aromatic carbocycles. The second-order valence-electron chi connectivity index (χ2n) is 14.4. The lowest BCUT2D eigenvalue weighted by atomic mass is 9.91. The number of nitrogens with one attached hydrogen (secondary N) is 2. The molecule has 2 aliphatic heterocycles. The molecule has 1 saturated heterocycles. The first-order chi connectivity index (χ1) is 25.8. The average Bonchev–Trinajstić information content (AvgIpc) is 3.67. The van der Waals surface area contributed by atoms with Crippen molar-refractivity contribution in [3.63, 3.8) is 0 Å². The summed E-state index contributed by atoms with van der Waals surface area (Å²) in [5, 5.41) is 32.1. The predicted molar refractivity (Wildman–Crippen MR) is 193 cm³/mol. The average molecular weight is 750 g/mol. The van der Waals surface area contributed by atoms with Crippen molar-refractivity contribution < 1.29 is 37.7 Å². The van der Waals surface area contributed by atoms with E-state index in [2.05, 4.69) is 10.3 Å². The summed E-state index contributed by atoms with van der Waals surface area (Å²) in [4.78, 5) is 35.3. The minimum atomic E-state index is -4.61. The second kappa shape index (κ2) is 16.7. The summed E-state index contributed by atoms with van der Waals surface area (Å²) in [7, 11) is 0. The van der Waals surface area contributed by atoms with E-state index in [4.69, 9.17) is 9.84 Å². The molecule has 5 atom stereocenters. The molecule has 2 aromatic heterocycles. The third-order valence-electron chi connectivity index (χ3n) is 10.2. The van der Waals surface area contributed by atoms with Crippen molar-refractivity contribution in [2.24, 2.45) is 5.92 Å². The standard InChI is InChI=1S/C39H46F3N7O5/c1-38(2,34-14-16-49(46-34)28-10-4-3-5-11-28)48-18-17-47(31(23-48)37(53)44-25-39(40,41)42)22-29(50)20-27(19-26-9-8-15-43-21-26)36(52)45-35-30-12-6-7-13-33(30)54-24-32(35)51/h3-16,21,27,29,31-32,35,50-51H,17-20,22-25H2,1-2H3,(H,44,53)(H,45,52)/t27?,29-,31-,32+,35-/m0/s1. The molecule has 4 heterocycles. The number of hydrogen-bond acceptors (Lipinski definition) is 9. The number of fused-ring (bicyclic) bond motifs is 1. The fourth-order valence-electron chi connectivity index (χ4n) is 7.19. The summed E-state index contributed by atoms with van der Waals surface area (Å²) in [6.07, 6.45) is -1.46. The zero-order valence-electron chi connectivity index (χ0n) is 30.2. The first-order valence-electron chi connectivity index (χ1n) is 18.0. The maximum Gasteiger partial charge on any atom is 0.405 e. The van der Waals surface area contributed by atoms with Gasteiger partial charge in [0.1, 0.15) is 31.0 Å².